The van der Waals surface area contributed by atoms with Crippen LogP contribution in [0.15, 0.2) is 41.3 Å². The summed E-state index contributed by atoms with van der Waals surface area (Å²) in [6.07, 6.45) is 8.86. The zero-order chi connectivity index (χ0) is 20.0. The lowest BCUT2D eigenvalue weighted by Gasteiger charge is -2.37. The minimum Gasteiger partial charge on any atom is -0.462 e. The molecule has 2 unspecified atom stereocenters. The molecule has 1 saturated heterocycles. The van der Waals surface area contributed by atoms with E-state index in [2.05, 4.69) is 34.0 Å². The Labute approximate surface area is 170 Å². The van der Waals surface area contributed by atoms with Crippen LogP contribution in [0.5, 0.6) is 0 Å². The van der Waals surface area contributed by atoms with Gasteiger partial charge in [0.15, 0.2) is 5.58 Å². The molecule has 0 aromatic carbocycles. The SMILES string of the molecule is CC1CC(C)CN(c2ccncc2NC(=O)c2ccc3occ(C4CC4)c3n2)C1. The van der Waals surface area contributed by atoms with Crippen LogP contribution in [0, 0.1) is 11.8 Å². The van der Waals surface area contributed by atoms with Gasteiger partial charge in [-0.05, 0) is 55.2 Å². The van der Waals surface area contributed by atoms with Crippen LogP contribution in [-0.2, 0) is 0 Å². The molecule has 0 bridgehead atoms. The number of amides is 1. The lowest BCUT2D eigenvalue weighted by Crippen LogP contribution is -2.39. The highest BCUT2D eigenvalue weighted by Crippen LogP contribution is 2.43. The Morgan fingerprint density at radius 1 is 1.17 bits per heavy atom. The maximum atomic E-state index is 13.0. The van der Waals surface area contributed by atoms with Gasteiger partial charge >= 0.3 is 0 Å². The van der Waals surface area contributed by atoms with Gasteiger partial charge in [0.25, 0.3) is 5.91 Å². The van der Waals surface area contributed by atoms with Crippen LogP contribution < -0.4 is 10.2 Å². The van der Waals surface area contributed by atoms with Gasteiger partial charge in [-0.1, -0.05) is 13.8 Å². The van der Waals surface area contributed by atoms with E-state index in [4.69, 9.17) is 4.42 Å². The van der Waals surface area contributed by atoms with Crippen molar-refractivity contribution in [3.63, 3.8) is 0 Å². The van der Waals surface area contributed by atoms with Gasteiger partial charge in [0.2, 0.25) is 0 Å². The molecular weight excluding hydrogens is 364 g/mol. The molecule has 1 N–H and O–H groups in total. The average molecular weight is 390 g/mol. The molecule has 2 aliphatic rings. The Morgan fingerprint density at radius 3 is 2.72 bits per heavy atom. The van der Waals surface area contributed by atoms with E-state index in [-0.39, 0.29) is 5.91 Å². The van der Waals surface area contributed by atoms with E-state index in [1.165, 1.54) is 19.3 Å². The van der Waals surface area contributed by atoms with E-state index in [9.17, 15) is 4.79 Å². The number of pyridine rings is 2. The molecule has 1 aliphatic carbocycles. The number of hydrogen-bond donors (Lipinski definition) is 1. The normalized spacial score (nSPS) is 22.1. The number of anilines is 2. The summed E-state index contributed by atoms with van der Waals surface area (Å²) in [4.78, 5) is 24.2. The van der Waals surface area contributed by atoms with Crippen LogP contribution in [0.4, 0.5) is 11.4 Å². The Balaban J connectivity index is 1.41. The second-order valence-corrected chi connectivity index (χ2v) is 8.71. The van der Waals surface area contributed by atoms with Crippen LogP contribution in [0.3, 0.4) is 0 Å². The zero-order valence-corrected chi connectivity index (χ0v) is 16.9. The second-order valence-electron chi connectivity index (χ2n) is 8.71. The topological polar surface area (TPSA) is 71.3 Å². The summed E-state index contributed by atoms with van der Waals surface area (Å²) in [6.45, 7) is 6.54. The van der Waals surface area contributed by atoms with Crippen molar-refractivity contribution < 1.29 is 9.21 Å². The Kier molecular flexibility index (Phi) is 4.49. The Hall–Kier alpha value is -2.89. The minimum absolute atomic E-state index is 0.220. The van der Waals surface area contributed by atoms with E-state index in [1.807, 2.05) is 12.1 Å². The molecule has 150 valence electrons. The van der Waals surface area contributed by atoms with Gasteiger partial charge in [0, 0.05) is 24.8 Å². The lowest BCUT2D eigenvalue weighted by atomic mass is 9.91. The molecule has 0 radical (unpaired) electrons. The van der Waals surface area contributed by atoms with Gasteiger partial charge in [-0.2, -0.15) is 0 Å². The molecule has 1 saturated carbocycles. The van der Waals surface area contributed by atoms with Crippen LogP contribution in [0.25, 0.3) is 11.1 Å². The Morgan fingerprint density at radius 2 is 1.97 bits per heavy atom. The number of piperidine rings is 1. The molecule has 0 spiro atoms. The number of hydrogen-bond acceptors (Lipinski definition) is 5. The summed E-state index contributed by atoms with van der Waals surface area (Å²) in [5.41, 5.74) is 4.82. The van der Waals surface area contributed by atoms with Crippen LogP contribution in [0.1, 0.15) is 55.1 Å². The van der Waals surface area contributed by atoms with Crippen molar-refractivity contribution in [3.8, 4) is 0 Å². The van der Waals surface area contributed by atoms with Gasteiger partial charge in [-0.15, -0.1) is 0 Å². The molecule has 5 rings (SSSR count). The number of aromatic nitrogens is 2. The van der Waals surface area contributed by atoms with Crippen molar-refractivity contribution in [1.29, 1.82) is 0 Å². The van der Waals surface area contributed by atoms with Crippen LogP contribution in [-0.4, -0.2) is 29.0 Å². The molecule has 6 heteroatoms. The average Bonchev–Trinajstić information content (AvgIpc) is 3.46. The van der Waals surface area contributed by atoms with Crippen molar-refractivity contribution >= 4 is 28.4 Å². The molecule has 2 fully saturated rings. The molecular formula is C23H26N4O2. The first-order chi connectivity index (χ1) is 14.1. The van der Waals surface area contributed by atoms with Gasteiger partial charge in [-0.3, -0.25) is 9.78 Å². The number of carbonyl (C=O) groups excluding carboxylic acids is 1. The van der Waals surface area contributed by atoms with E-state index in [0.717, 1.165) is 41.1 Å². The summed E-state index contributed by atoms with van der Waals surface area (Å²) < 4.78 is 5.61. The third-order valence-corrected chi connectivity index (χ3v) is 5.95. The summed E-state index contributed by atoms with van der Waals surface area (Å²) in [7, 11) is 0. The zero-order valence-electron chi connectivity index (χ0n) is 16.9. The van der Waals surface area contributed by atoms with Crippen molar-refractivity contribution in [2.75, 3.05) is 23.3 Å². The monoisotopic (exact) mass is 390 g/mol. The quantitative estimate of drug-likeness (QED) is 0.690. The highest BCUT2D eigenvalue weighted by molar-refractivity contribution is 6.05. The number of furan rings is 1. The minimum atomic E-state index is -0.220. The molecule has 6 nitrogen and oxygen atoms in total. The van der Waals surface area contributed by atoms with Gasteiger partial charge in [0.1, 0.15) is 11.2 Å². The number of nitrogens with zero attached hydrogens (tertiary/aromatic N) is 3. The lowest BCUT2D eigenvalue weighted by molar-refractivity contribution is 0.102. The van der Waals surface area contributed by atoms with E-state index in [1.54, 1.807) is 24.7 Å². The largest absolute Gasteiger partial charge is 0.462 e. The maximum absolute atomic E-state index is 13.0. The number of rotatable bonds is 4. The highest BCUT2D eigenvalue weighted by Gasteiger charge is 2.28. The molecule has 4 heterocycles. The van der Waals surface area contributed by atoms with Crippen molar-refractivity contribution in [1.82, 2.24) is 9.97 Å². The summed E-state index contributed by atoms with van der Waals surface area (Å²) in [5, 5.41) is 3.04. The first-order valence-corrected chi connectivity index (χ1v) is 10.5. The molecule has 1 amide bonds. The van der Waals surface area contributed by atoms with E-state index < -0.39 is 0 Å². The predicted molar refractivity (Wildman–Crippen MR) is 113 cm³/mol. The predicted octanol–water partition coefficient (Wildman–Crippen LogP) is 4.83. The summed E-state index contributed by atoms with van der Waals surface area (Å²) >= 11 is 0. The molecule has 1 aliphatic heterocycles. The third-order valence-electron chi connectivity index (χ3n) is 5.95. The first kappa shape index (κ1) is 18.2. The number of carbonyl (C=O) groups is 1. The summed E-state index contributed by atoms with van der Waals surface area (Å²) in [6, 6.07) is 5.54. The maximum Gasteiger partial charge on any atom is 0.274 e. The van der Waals surface area contributed by atoms with Crippen molar-refractivity contribution in [2.24, 2.45) is 11.8 Å². The fourth-order valence-electron chi connectivity index (χ4n) is 4.55. The smallest absolute Gasteiger partial charge is 0.274 e. The highest BCUT2D eigenvalue weighted by atomic mass is 16.3. The molecule has 2 atom stereocenters. The fourth-order valence-corrected chi connectivity index (χ4v) is 4.55. The molecule has 3 aromatic heterocycles. The number of nitrogens with one attached hydrogen (secondary N) is 1. The molecule has 3 aromatic rings. The summed E-state index contributed by atoms with van der Waals surface area (Å²) in [5.74, 6) is 1.56. The standard InChI is InChI=1S/C23H26N4O2/c1-14-9-15(2)12-27(11-14)20-7-8-24-10-19(20)26-23(28)18-5-6-21-22(25-18)17(13-29-21)16-3-4-16/h5-8,10,13-16H,3-4,9,11-12H2,1-2H3,(H,26,28). The van der Waals surface area contributed by atoms with Gasteiger partial charge in [0.05, 0.1) is 23.8 Å². The van der Waals surface area contributed by atoms with Crippen molar-refractivity contribution in [3.05, 3.63) is 48.1 Å². The first-order valence-electron chi connectivity index (χ1n) is 10.5. The van der Waals surface area contributed by atoms with E-state index >= 15 is 0 Å². The number of fused-ring (bicyclic) bond motifs is 1. The fraction of sp³-hybridized carbons (Fsp3) is 0.435. The second kappa shape index (κ2) is 7.17. The Bertz CT molecular complexity index is 1050. The van der Waals surface area contributed by atoms with Gasteiger partial charge in [-0.25, -0.2) is 4.98 Å². The van der Waals surface area contributed by atoms with Crippen molar-refractivity contribution in [2.45, 2.75) is 39.0 Å². The third kappa shape index (κ3) is 3.59. The van der Waals surface area contributed by atoms with E-state index in [0.29, 0.717) is 23.4 Å². The molecule has 29 heavy (non-hydrogen) atoms. The van der Waals surface area contributed by atoms with Gasteiger partial charge < -0.3 is 14.6 Å². The van der Waals surface area contributed by atoms with Crippen LogP contribution >= 0.6 is 0 Å². The van der Waals surface area contributed by atoms with Crippen LogP contribution in [0.2, 0.25) is 0 Å².